The van der Waals surface area contributed by atoms with E-state index in [4.69, 9.17) is 15.2 Å². The maximum Gasteiger partial charge on any atom is 0.243 e. The molecule has 1 saturated carbocycles. The summed E-state index contributed by atoms with van der Waals surface area (Å²) in [5.41, 5.74) is 9.64. The van der Waals surface area contributed by atoms with E-state index in [1.165, 1.54) is 4.31 Å². The van der Waals surface area contributed by atoms with Crippen LogP contribution in [0, 0.1) is 6.92 Å². The van der Waals surface area contributed by atoms with Crippen molar-refractivity contribution in [1.29, 1.82) is 0 Å². The van der Waals surface area contributed by atoms with E-state index < -0.39 is 27.4 Å². The van der Waals surface area contributed by atoms with Crippen LogP contribution in [0.15, 0.2) is 65.6 Å². The molecule has 6 rings (SSSR count). The van der Waals surface area contributed by atoms with Crippen LogP contribution in [0.1, 0.15) is 45.2 Å². The molecule has 1 amide bonds. The quantitative estimate of drug-likeness (QED) is 0.445. The lowest BCUT2D eigenvalue weighted by atomic mass is 9.87. The Kier molecular flexibility index (Phi) is 6.23. The second-order valence-electron chi connectivity index (χ2n) is 10.6. The van der Waals surface area contributed by atoms with Gasteiger partial charge in [-0.3, -0.25) is 9.59 Å². The van der Waals surface area contributed by atoms with Gasteiger partial charge in [0.2, 0.25) is 22.7 Å². The number of primary amides is 1. The number of carbonyl (C=O) groups is 2. The molecule has 9 heteroatoms. The molecule has 0 spiro atoms. The molecule has 2 fully saturated rings. The number of nitrogens with two attached hydrogens (primary N) is 1. The highest BCUT2D eigenvalue weighted by atomic mass is 32.2. The molecule has 0 unspecified atom stereocenters. The van der Waals surface area contributed by atoms with Gasteiger partial charge in [0.15, 0.2) is 11.5 Å². The lowest BCUT2D eigenvalue weighted by molar-refractivity contribution is -0.121. The zero-order valence-corrected chi connectivity index (χ0v) is 22.5. The van der Waals surface area contributed by atoms with Gasteiger partial charge in [-0.05, 0) is 84.7 Å². The highest BCUT2D eigenvalue weighted by Gasteiger charge is 2.50. The first-order valence-corrected chi connectivity index (χ1v) is 14.6. The molecule has 0 aromatic heterocycles. The van der Waals surface area contributed by atoms with Gasteiger partial charge < -0.3 is 15.2 Å². The molecular formula is C30H34N2O6S. The van der Waals surface area contributed by atoms with Gasteiger partial charge in [0.05, 0.1) is 10.3 Å². The van der Waals surface area contributed by atoms with Crippen molar-refractivity contribution in [3.8, 4) is 22.6 Å². The molecule has 8 nitrogen and oxygen atoms in total. The van der Waals surface area contributed by atoms with Crippen LogP contribution in [0.3, 0.4) is 0 Å². The number of hydrogen-bond acceptors (Lipinski definition) is 6. The Bertz CT molecular complexity index is 1590. The minimum absolute atomic E-state index is 0. The van der Waals surface area contributed by atoms with Crippen LogP contribution in [0.2, 0.25) is 0 Å². The summed E-state index contributed by atoms with van der Waals surface area (Å²) >= 11 is 0. The van der Waals surface area contributed by atoms with Crippen molar-refractivity contribution in [2.75, 3.05) is 13.3 Å². The van der Waals surface area contributed by atoms with Gasteiger partial charge >= 0.3 is 0 Å². The number of hydrogen-bond donors (Lipinski definition) is 1. The monoisotopic (exact) mass is 550 g/mol. The number of ketones is 1. The van der Waals surface area contributed by atoms with Crippen molar-refractivity contribution < 1.29 is 30.3 Å². The highest BCUT2D eigenvalue weighted by Crippen LogP contribution is 2.51. The molecule has 3 aromatic rings. The van der Waals surface area contributed by atoms with Crippen LogP contribution in [0.4, 0.5) is 0 Å². The summed E-state index contributed by atoms with van der Waals surface area (Å²) in [5, 5.41) is 0. The van der Waals surface area contributed by atoms with Gasteiger partial charge in [0.1, 0.15) is 11.8 Å². The summed E-state index contributed by atoms with van der Waals surface area (Å²) in [6.45, 7) is 2.47. The fourth-order valence-electron chi connectivity index (χ4n) is 5.75. The molecule has 2 N–H and O–H groups in total. The van der Waals surface area contributed by atoms with E-state index in [0.29, 0.717) is 30.8 Å². The van der Waals surface area contributed by atoms with E-state index in [1.54, 1.807) is 24.3 Å². The average molecular weight is 551 g/mol. The van der Waals surface area contributed by atoms with Gasteiger partial charge in [-0.2, -0.15) is 4.31 Å². The van der Waals surface area contributed by atoms with E-state index in [0.717, 1.165) is 40.7 Å². The van der Waals surface area contributed by atoms with Gasteiger partial charge in [-0.1, -0.05) is 36.4 Å². The first kappa shape index (κ1) is 25.6. The number of nitrogens with zero attached hydrogens (tertiary/aromatic N) is 1. The average Bonchev–Trinajstić information content (AvgIpc) is 3.34. The maximum absolute atomic E-state index is 13.5. The van der Waals surface area contributed by atoms with Crippen molar-refractivity contribution in [2.24, 2.45) is 5.73 Å². The standard InChI is InChI=1S/C30H30N2O6S.2H2/c1-19-4-5-20(16-28(33)30(12-13-30)22-8-11-26-27(17-22)38-18-37-26)15-24(19)21-6-9-23(10-7-21)39(35,36)32-14-2-3-25(32)29(31)34;;/h4-11,15,17,25H,2-3,12-14,16,18H2,1H3,(H2,31,34);2*1H/t25-;;/m0../s1. The van der Waals surface area contributed by atoms with Crippen LogP contribution in [-0.2, 0) is 31.4 Å². The van der Waals surface area contributed by atoms with Gasteiger partial charge in [-0.25, -0.2) is 8.42 Å². The van der Waals surface area contributed by atoms with Crippen molar-refractivity contribution in [2.45, 2.75) is 55.4 Å². The number of carbonyl (C=O) groups excluding carboxylic acids is 2. The predicted octanol–water partition coefficient (Wildman–Crippen LogP) is 4.36. The summed E-state index contributed by atoms with van der Waals surface area (Å²) in [4.78, 5) is 25.4. The number of fused-ring (bicyclic) bond motifs is 1. The van der Waals surface area contributed by atoms with Crippen LogP contribution in [-0.4, -0.2) is 43.8 Å². The fraction of sp³-hybridized carbons (Fsp3) is 0.333. The molecule has 1 saturated heterocycles. The number of ether oxygens (including phenoxy) is 2. The molecule has 0 radical (unpaired) electrons. The van der Waals surface area contributed by atoms with E-state index in [-0.39, 0.29) is 26.9 Å². The SMILES string of the molecule is Cc1ccc(CC(=O)C2(c3ccc4c(c3)OCO4)CC2)cc1-c1ccc(S(=O)(=O)N2CCC[C@H]2C(N)=O)cc1.[HH].[HH]. The van der Waals surface area contributed by atoms with Crippen molar-refractivity contribution in [3.05, 3.63) is 77.4 Å². The molecule has 206 valence electrons. The van der Waals surface area contributed by atoms with E-state index in [2.05, 4.69) is 0 Å². The summed E-state index contributed by atoms with van der Waals surface area (Å²) < 4.78 is 38.5. The highest BCUT2D eigenvalue weighted by molar-refractivity contribution is 7.89. The van der Waals surface area contributed by atoms with E-state index in [9.17, 15) is 18.0 Å². The fourth-order valence-corrected chi connectivity index (χ4v) is 7.41. The van der Waals surface area contributed by atoms with Crippen LogP contribution < -0.4 is 15.2 Å². The van der Waals surface area contributed by atoms with E-state index in [1.807, 2.05) is 43.3 Å². The Labute approximate surface area is 230 Å². The molecule has 0 bridgehead atoms. The zero-order valence-electron chi connectivity index (χ0n) is 21.7. The Morgan fingerprint density at radius 1 is 1.03 bits per heavy atom. The number of aryl methyl sites for hydroxylation is 1. The Morgan fingerprint density at radius 3 is 2.49 bits per heavy atom. The number of Topliss-reactive ketones (excluding diaryl/α,β-unsaturated/α-hetero) is 1. The first-order valence-electron chi connectivity index (χ1n) is 13.1. The normalized spacial score (nSPS) is 19.7. The number of rotatable bonds is 8. The third kappa shape index (κ3) is 4.49. The van der Waals surface area contributed by atoms with E-state index >= 15 is 0 Å². The summed E-state index contributed by atoms with van der Waals surface area (Å²) in [7, 11) is -3.83. The predicted molar refractivity (Wildman–Crippen MR) is 149 cm³/mol. The number of amides is 1. The van der Waals surface area contributed by atoms with Crippen molar-refractivity contribution >= 4 is 21.7 Å². The van der Waals surface area contributed by atoms with Crippen LogP contribution in [0.5, 0.6) is 11.5 Å². The second-order valence-corrected chi connectivity index (χ2v) is 12.5. The van der Waals surface area contributed by atoms with Gasteiger partial charge in [0, 0.05) is 15.8 Å². The lowest BCUT2D eigenvalue weighted by Gasteiger charge is -2.21. The third-order valence-corrected chi connectivity index (χ3v) is 10.1. The molecule has 2 heterocycles. The smallest absolute Gasteiger partial charge is 0.243 e. The van der Waals surface area contributed by atoms with Crippen molar-refractivity contribution in [1.82, 2.24) is 4.31 Å². The van der Waals surface area contributed by atoms with Crippen molar-refractivity contribution in [3.63, 3.8) is 0 Å². The van der Waals surface area contributed by atoms with Gasteiger partial charge in [0.25, 0.3) is 0 Å². The minimum Gasteiger partial charge on any atom is -0.454 e. The maximum atomic E-state index is 13.5. The largest absolute Gasteiger partial charge is 0.454 e. The molecule has 39 heavy (non-hydrogen) atoms. The second kappa shape index (κ2) is 9.50. The van der Waals surface area contributed by atoms with Gasteiger partial charge in [-0.15, -0.1) is 0 Å². The summed E-state index contributed by atoms with van der Waals surface area (Å²) in [6.07, 6.45) is 2.97. The Balaban J connectivity index is 0.00000194. The topological polar surface area (TPSA) is 116 Å². The molecule has 1 atom stereocenters. The van der Waals surface area contributed by atoms with Crippen LogP contribution in [0.25, 0.3) is 11.1 Å². The number of sulfonamides is 1. The summed E-state index contributed by atoms with van der Waals surface area (Å²) in [6, 6.07) is 17.6. The Hall–Kier alpha value is -3.69. The first-order chi connectivity index (χ1) is 18.7. The Morgan fingerprint density at radius 2 is 1.77 bits per heavy atom. The zero-order chi connectivity index (χ0) is 27.4. The third-order valence-electron chi connectivity index (χ3n) is 8.18. The number of benzene rings is 3. The minimum atomic E-state index is -3.83. The lowest BCUT2D eigenvalue weighted by Crippen LogP contribution is -2.43. The molecular weight excluding hydrogens is 516 g/mol. The molecule has 3 aromatic carbocycles. The molecule has 3 aliphatic rings. The molecule has 2 aliphatic heterocycles. The van der Waals surface area contributed by atoms with Crippen LogP contribution >= 0.6 is 0 Å². The molecule has 1 aliphatic carbocycles. The summed E-state index contributed by atoms with van der Waals surface area (Å²) in [5.74, 6) is 0.940.